The molecule has 0 aromatic carbocycles. The van der Waals surface area contributed by atoms with E-state index in [0.717, 1.165) is 6.42 Å². The van der Waals surface area contributed by atoms with Crippen LogP contribution in [0, 0.1) is 0 Å². The number of rotatable bonds is 9. The van der Waals surface area contributed by atoms with Crippen molar-refractivity contribution in [2.75, 3.05) is 6.61 Å². The molecule has 0 unspecified atom stereocenters. The maximum Gasteiger partial charge on any atom is 0.302 e. The first-order valence-electron chi connectivity index (χ1n) is 6.02. The molecule has 0 bridgehead atoms. The maximum atomic E-state index is 10.5. The third-order valence-corrected chi connectivity index (χ3v) is 2.31. The molecule has 0 heterocycles. The fraction of sp³-hybridized carbons (Fsp3) is 0.769. The zero-order valence-corrected chi connectivity index (χ0v) is 10.1. The highest BCUT2D eigenvalue weighted by Gasteiger charge is 1.93. The lowest BCUT2D eigenvalue weighted by Gasteiger charge is -2.01. The average Bonchev–Trinajstić information content (AvgIpc) is 2.20. The topological polar surface area (TPSA) is 26.3 Å². The number of esters is 1. The van der Waals surface area contributed by atoms with Gasteiger partial charge in [0, 0.05) is 6.92 Å². The van der Waals surface area contributed by atoms with Gasteiger partial charge in [-0.25, -0.2) is 0 Å². The molecular weight excluding hydrogens is 188 g/mol. The molecule has 15 heavy (non-hydrogen) atoms. The Morgan fingerprint density at radius 1 is 1.07 bits per heavy atom. The van der Waals surface area contributed by atoms with Crippen molar-refractivity contribution in [2.45, 2.75) is 58.8 Å². The summed E-state index contributed by atoms with van der Waals surface area (Å²) in [4.78, 5) is 10.5. The number of hydrogen-bond donors (Lipinski definition) is 0. The molecule has 0 aliphatic rings. The number of carbonyl (C=O) groups excluding carboxylic acids is 1. The molecule has 0 spiro atoms. The van der Waals surface area contributed by atoms with Gasteiger partial charge < -0.3 is 4.74 Å². The summed E-state index contributed by atoms with van der Waals surface area (Å²) in [7, 11) is 0. The SMILES string of the molecule is C/C=C\CCCCCCCCOC(C)=O. The van der Waals surface area contributed by atoms with Crippen molar-refractivity contribution in [2.24, 2.45) is 0 Å². The van der Waals surface area contributed by atoms with Crippen LogP contribution in [0.5, 0.6) is 0 Å². The van der Waals surface area contributed by atoms with Crippen LogP contribution in [0.25, 0.3) is 0 Å². The Hall–Kier alpha value is -0.790. The van der Waals surface area contributed by atoms with Gasteiger partial charge in [-0.05, 0) is 26.2 Å². The number of allylic oxidation sites excluding steroid dienone is 2. The predicted molar refractivity (Wildman–Crippen MR) is 63.8 cm³/mol. The van der Waals surface area contributed by atoms with Gasteiger partial charge in [-0.1, -0.05) is 37.8 Å². The standard InChI is InChI=1S/C13H24O2/c1-3-4-5-6-7-8-9-10-11-12-15-13(2)14/h3-4H,5-12H2,1-2H3/b4-3-. The molecule has 0 amide bonds. The summed E-state index contributed by atoms with van der Waals surface area (Å²) in [6.45, 7) is 4.12. The molecule has 2 nitrogen and oxygen atoms in total. The van der Waals surface area contributed by atoms with Gasteiger partial charge in [0.05, 0.1) is 6.61 Å². The van der Waals surface area contributed by atoms with Gasteiger partial charge in [-0.15, -0.1) is 0 Å². The largest absolute Gasteiger partial charge is 0.466 e. The number of ether oxygens (including phenoxy) is 1. The van der Waals surface area contributed by atoms with Crippen molar-refractivity contribution in [1.82, 2.24) is 0 Å². The molecule has 0 aliphatic carbocycles. The first kappa shape index (κ1) is 14.2. The Bertz CT molecular complexity index is 173. The average molecular weight is 212 g/mol. The van der Waals surface area contributed by atoms with Gasteiger partial charge >= 0.3 is 5.97 Å². The molecule has 0 aliphatic heterocycles. The van der Waals surface area contributed by atoms with Gasteiger partial charge in [0.15, 0.2) is 0 Å². The molecule has 88 valence electrons. The molecule has 0 saturated carbocycles. The molecule has 0 radical (unpaired) electrons. The van der Waals surface area contributed by atoms with Crippen LogP contribution in [0.1, 0.15) is 58.8 Å². The number of hydrogen-bond acceptors (Lipinski definition) is 2. The summed E-state index contributed by atoms with van der Waals surface area (Å²) in [6, 6.07) is 0. The van der Waals surface area contributed by atoms with Crippen molar-refractivity contribution < 1.29 is 9.53 Å². The highest BCUT2D eigenvalue weighted by atomic mass is 16.5. The Labute approximate surface area is 93.7 Å². The molecule has 0 rings (SSSR count). The lowest BCUT2D eigenvalue weighted by molar-refractivity contribution is -0.141. The van der Waals surface area contributed by atoms with E-state index >= 15 is 0 Å². The smallest absolute Gasteiger partial charge is 0.302 e. The monoisotopic (exact) mass is 212 g/mol. The van der Waals surface area contributed by atoms with Crippen LogP contribution in [-0.2, 0) is 9.53 Å². The lowest BCUT2D eigenvalue weighted by Crippen LogP contribution is -1.99. The summed E-state index contributed by atoms with van der Waals surface area (Å²) in [5.41, 5.74) is 0. The van der Waals surface area contributed by atoms with Crippen LogP contribution in [0.4, 0.5) is 0 Å². The predicted octanol–water partition coefficient (Wildman–Crippen LogP) is 3.86. The van der Waals surface area contributed by atoms with E-state index in [9.17, 15) is 4.79 Å². The van der Waals surface area contributed by atoms with E-state index in [1.165, 1.54) is 45.4 Å². The molecular formula is C13H24O2. The summed E-state index contributed by atoms with van der Waals surface area (Å²) in [5.74, 6) is -0.165. The van der Waals surface area contributed by atoms with Gasteiger partial charge in [0.1, 0.15) is 0 Å². The fourth-order valence-corrected chi connectivity index (χ4v) is 1.45. The van der Waals surface area contributed by atoms with E-state index in [0.29, 0.717) is 6.61 Å². The highest BCUT2D eigenvalue weighted by molar-refractivity contribution is 5.65. The molecule has 0 aromatic heterocycles. The molecule has 0 N–H and O–H groups in total. The zero-order valence-electron chi connectivity index (χ0n) is 10.1. The maximum absolute atomic E-state index is 10.5. The van der Waals surface area contributed by atoms with Gasteiger partial charge in [0.25, 0.3) is 0 Å². The second-order valence-electron chi connectivity index (χ2n) is 3.82. The Morgan fingerprint density at radius 3 is 2.27 bits per heavy atom. The minimum atomic E-state index is -0.165. The summed E-state index contributed by atoms with van der Waals surface area (Å²) in [6.07, 6.45) is 12.9. The van der Waals surface area contributed by atoms with Crippen LogP contribution in [0.2, 0.25) is 0 Å². The molecule has 2 heteroatoms. The molecule has 0 aromatic rings. The van der Waals surface area contributed by atoms with Crippen molar-refractivity contribution in [3.05, 3.63) is 12.2 Å². The minimum absolute atomic E-state index is 0.165. The fourth-order valence-electron chi connectivity index (χ4n) is 1.45. The Morgan fingerprint density at radius 2 is 1.67 bits per heavy atom. The minimum Gasteiger partial charge on any atom is -0.466 e. The van der Waals surface area contributed by atoms with Crippen LogP contribution < -0.4 is 0 Å². The van der Waals surface area contributed by atoms with Gasteiger partial charge in [-0.3, -0.25) is 4.79 Å². The summed E-state index contributed by atoms with van der Waals surface area (Å²) < 4.78 is 4.85. The number of unbranched alkanes of at least 4 members (excludes halogenated alkanes) is 6. The first-order chi connectivity index (χ1) is 7.27. The third kappa shape index (κ3) is 13.2. The Balaban J connectivity index is 2.95. The second-order valence-corrected chi connectivity index (χ2v) is 3.82. The number of carbonyl (C=O) groups is 1. The zero-order chi connectivity index (χ0) is 11.4. The van der Waals surface area contributed by atoms with E-state index in [4.69, 9.17) is 4.74 Å². The molecule has 0 saturated heterocycles. The van der Waals surface area contributed by atoms with Gasteiger partial charge in [0.2, 0.25) is 0 Å². The van der Waals surface area contributed by atoms with E-state index in [2.05, 4.69) is 19.1 Å². The van der Waals surface area contributed by atoms with Crippen molar-refractivity contribution in [3.63, 3.8) is 0 Å². The van der Waals surface area contributed by atoms with Crippen molar-refractivity contribution >= 4 is 5.97 Å². The molecule has 0 fully saturated rings. The normalized spacial score (nSPS) is 10.8. The Kier molecular flexibility index (Phi) is 10.7. The molecule has 0 atom stereocenters. The van der Waals surface area contributed by atoms with Crippen molar-refractivity contribution in [1.29, 1.82) is 0 Å². The van der Waals surface area contributed by atoms with Crippen LogP contribution in [0.3, 0.4) is 0 Å². The lowest BCUT2D eigenvalue weighted by atomic mass is 10.1. The van der Waals surface area contributed by atoms with Crippen LogP contribution >= 0.6 is 0 Å². The van der Waals surface area contributed by atoms with E-state index in [1.807, 2.05) is 0 Å². The van der Waals surface area contributed by atoms with Crippen molar-refractivity contribution in [3.8, 4) is 0 Å². The first-order valence-corrected chi connectivity index (χ1v) is 6.02. The van der Waals surface area contributed by atoms with E-state index < -0.39 is 0 Å². The van der Waals surface area contributed by atoms with Crippen LogP contribution in [-0.4, -0.2) is 12.6 Å². The summed E-state index contributed by atoms with van der Waals surface area (Å²) in [5, 5.41) is 0. The van der Waals surface area contributed by atoms with E-state index in [1.54, 1.807) is 0 Å². The van der Waals surface area contributed by atoms with Crippen LogP contribution in [0.15, 0.2) is 12.2 Å². The highest BCUT2D eigenvalue weighted by Crippen LogP contribution is 2.07. The van der Waals surface area contributed by atoms with Gasteiger partial charge in [-0.2, -0.15) is 0 Å². The van der Waals surface area contributed by atoms with E-state index in [-0.39, 0.29) is 5.97 Å². The second kappa shape index (κ2) is 11.3. The quantitative estimate of drug-likeness (QED) is 0.329. The summed E-state index contributed by atoms with van der Waals surface area (Å²) >= 11 is 0. The third-order valence-electron chi connectivity index (χ3n) is 2.31.